The van der Waals surface area contributed by atoms with Crippen LogP contribution in [0, 0.1) is 5.92 Å². The molecule has 1 atom stereocenters. The number of rotatable bonds is 4. The zero-order chi connectivity index (χ0) is 15.6. The van der Waals surface area contributed by atoms with E-state index in [9.17, 15) is 14.4 Å². The molecule has 1 aromatic rings. The van der Waals surface area contributed by atoms with Gasteiger partial charge in [-0.3, -0.25) is 9.59 Å². The first-order chi connectivity index (χ1) is 9.97. The number of anilines is 1. The maximum absolute atomic E-state index is 12.0. The summed E-state index contributed by atoms with van der Waals surface area (Å²) in [6.07, 6.45) is 0.0790. The first-order valence-corrected chi connectivity index (χ1v) is 6.27. The van der Waals surface area contributed by atoms with Crippen molar-refractivity contribution in [3.8, 4) is 5.75 Å². The molecule has 1 aliphatic rings. The molecule has 7 heteroatoms. The van der Waals surface area contributed by atoms with Crippen molar-refractivity contribution in [3.63, 3.8) is 0 Å². The topological polar surface area (TPSA) is 93.1 Å². The van der Waals surface area contributed by atoms with Crippen molar-refractivity contribution < 1.29 is 29.0 Å². The monoisotopic (exact) mass is 293 g/mol. The molecule has 0 radical (unpaired) electrons. The molecule has 112 valence electrons. The van der Waals surface area contributed by atoms with Gasteiger partial charge < -0.3 is 19.5 Å². The largest absolute Gasteiger partial charge is 0.496 e. The van der Waals surface area contributed by atoms with Crippen molar-refractivity contribution in [2.75, 3.05) is 25.7 Å². The van der Waals surface area contributed by atoms with E-state index in [-0.39, 0.29) is 30.2 Å². The maximum Gasteiger partial charge on any atom is 0.339 e. The first-order valence-electron chi connectivity index (χ1n) is 6.27. The third kappa shape index (κ3) is 2.81. The highest BCUT2D eigenvalue weighted by Gasteiger charge is 2.36. The molecule has 1 N–H and O–H groups in total. The SMILES string of the molecule is COC(=O)C1CC(=O)N(c2ccc(C(=O)O)c(OC)c2)C1. The number of aromatic carboxylic acids is 1. The Morgan fingerprint density at radius 3 is 2.62 bits per heavy atom. The van der Waals surface area contributed by atoms with Crippen LogP contribution in [0.3, 0.4) is 0 Å². The van der Waals surface area contributed by atoms with E-state index in [4.69, 9.17) is 9.84 Å². The molecule has 1 heterocycles. The lowest BCUT2D eigenvalue weighted by Crippen LogP contribution is -2.26. The lowest BCUT2D eigenvalue weighted by atomic mass is 10.1. The summed E-state index contributed by atoms with van der Waals surface area (Å²) in [6.45, 7) is 0.209. The van der Waals surface area contributed by atoms with Crippen LogP contribution in [-0.4, -0.2) is 43.7 Å². The van der Waals surface area contributed by atoms with Gasteiger partial charge >= 0.3 is 11.9 Å². The van der Waals surface area contributed by atoms with Gasteiger partial charge in [0.05, 0.1) is 20.1 Å². The molecule has 1 aromatic carbocycles. The van der Waals surface area contributed by atoms with E-state index >= 15 is 0 Å². The molecule has 0 spiro atoms. The number of carboxylic acids is 1. The fourth-order valence-corrected chi connectivity index (χ4v) is 2.31. The van der Waals surface area contributed by atoms with Crippen molar-refractivity contribution in [3.05, 3.63) is 23.8 Å². The van der Waals surface area contributed by atoms with Crippen LogP contribution in [0.15, 0.2) is 18.2 Å². The number of amides is 1. The Labute approximate surface area is 121 Å². The van der Waals surface area contributed by atoms with Crippen LogP contribution in [0.5, 0.6) is 5.75 Å². The molecular weight excluding hydrogens is 278 g/mol. The second-order valence-corrected chi connectivity index (χ2v) is 4.62. The highest BCUT2D eigenvalue weighted by Crippen LogP contribution is 2.30. The van der Waals surface area contributed by atoms with Crippen LogP contribution in [0.1, 0.15) is 16.8 Å². The number of hydrogen-bond acceptors (Lipinski definition) is 5. The second kappa shape index (κ2) is 5.82. The quantitative estimate of drug-likeness (QED) is 0.830. The number of benzene rings is 1. The predicted octanol–water partition coefficient (Wildman–Crippen LogP) is 0.919. The van der Waals surface area contributed by atoms with Crippen molar-refractivity contribution in [1.82, 2.24) is 0 Å². The smallest absolute Gasteiger partial charge is 0.339 e. The van der Waals surface area contributed by atoms with Crippen molar-refractivity contribution in [2.24, 2.45) is 5.92 Å². The van der Waals surface area contributed by atoms with Gasteiger partial charge in [-0.25, -0.2) is 4.79 Å². The zero-order valence-electron chi connectivity index (χ0n) is 11.7. The van der Waals surface area contributed by atoms with Crippen LogP contribution in [0.25, 0.3) is 0 Å². The Hall–Kier alpha value is -2.57. The number of carboxylic acid groups (broad SMARTS) is 1. The summed E-state index contributed by atoms with van der Waals surface area (Å²) in [5.74, 6) is -2.10. The predicted molar refractivity (Wildman–Crippen MR) is 72.4 cm³/mol. The number of hydrogen-bond donors (Lipinski definition) is 1. The van der Waals surface area contributed by atoms with E-state index in [0.717, 1.165) is 0 Å². The average Bonchev–Trinajstić information content (AvgIpc) is 2.87. The third-order valence-corrected chi connectivity index (χ3v) is 3.39. The highest BCUT2D eigenvalue weighted by molar-refractivity contribution is 6.00. The minimum absolute atomic E-state index is 0.0115. The van der Waals surface area contributed by atoms with Crippen LogP contribution >= 0.6 is 0 Å². The Kier molecular flexibility index (Phi) is 4.11. The fourth-order valence-electron chi connectivity index (χ4n) is 2.31. The molecular formula is C14H15NO6. The summed E-state index contributed by atoms with van der Waals surface area (Å²) in [5, 5.41) is 9.03. The van der Waals surface area contributed by atoms with Gasteiger partial charge in [-0.2, -0.15) is 0 Å². The van der Waals surface area contributed by atoms with Gasteiger partial charge in [0.15, 0.2) is 0 Å². The van der Waals surface area contributed by atoms with E-state index in [1.54, 1.807) is 0 Å². The molecule has 1 unspecified atom stereocenters. The molecule has 1 saturated heterocycles. The fraction of sp³-hybridized carbons (Fsp3) is 0.357. The molecule has 0 saturated carbocycles. The van der Waals surface area contributed by atoms with Crippen molar-refractivity contribution in [1.29, 1.82) is 0 Å². The number of carbonyl (C=O) groups excluding carboxylic acids is 2. The first kappa shape index (κ1) is 14.8. The molecule has 7 nitrogen and oxygen atoms in total. The van der Waals surface area contributed by atoms with Crippen LogP contribution < -0.4 is 9.64 Å². The highest BCUT2D eigenvalue weighted by atomic mass is 16.5. The number of carbonyl (C=O) groups is 3. The summed E-state index contributed by atoms with van der Waals surface area (Å²) in [4.78, 5) is 35.9. The second-order valence-electron chi connectivity index (χ2n) is 4.62. The Morgan fingerprint density at radius 1 is 1.33 bits per heavy atom. The van der Waals surface area contributed by atoms with E-state index in [2.05, 4.69) is 4.74 Å². The van der Waals surface area contributed by atoms with Crippen LogP contribution in [0.2, 0.25) is 0 Å². The van der Waals surface area contributed by atoms with Gasteiger partial charge in [0, 0.05) is 24.7 Å². The van der Waals surface area contributed by atoms with Gasteiger partial charge in [0.1, 0.15) is 11.3 Å². The summed E-state index contributed by atoms with van der Waals surface area (Å²) >= 11 is 0. The van der Waals surface area contributed by atoms with Crippen LogP contribution in [0.4, 0.5) is 5.69 Å². The Balaban J connectivity index is 2.28. The number of methoxy groups -OCH3 is 2. The minimum atomic E-state index is -1.11. The van der Waals surface area contributed by atoms with E-state index in [1.807, 2.05) is 0 Å². The third-order valence-electron chi connectivity index (χ3n) is 3.39. The minimum Gasteiger partial charge on any atom is -0.496 e. The van der Waals surface area contributed by atoms with E-state index in [1.165, 1.54) is 37.3 Å². The van der Waals surface area contributed by atoms with Crippen LogP contribution in [-0.2, 0) is 14.3 Å². The summed E-state index contributed by atoms with van der Waals surface area (Å²) in [7, 11) is 2.63. The molecule has 21 heavy (non-hydrogen) atoms. The summed E-state index contributed by atoms with van der Waals surface area (Å²) < 4.78 is 9.67. The standard InChI is InChI=1S/C14H15NO6/c1-20-11-6-9(3-4-10(11)13(17)18)15-7-8(5-12(15)16)14(19)21-2/h3-4,6,8H,5,7H2,1-2H3,(H,17,18). The molecule has 1 aliphatic heterocycles. The summed E-state index contributed by atoms with van der Waals surface area (Å²) in [6, 6.07) is 4.36. The van der Waals surface area contributed by atoms with Gasteiger partial charge in [-0.15, -0.1) is 0 Å². The number of esters is 1. The van der Waals surface area contributed by atoms with Gasteiger partial charge in [0.2, 0.25) is 5.91 Å². The Morgan fingerprint density at radius 2 is 2.05 bits per heavy atom. The summed E-state index contributed by atoms with van der Waals surface area (Å²) in [5.41, 5.74) is 0.505. The molecule has 0 bridgehead atoms. The molecule has 1 amide bonds. The lowest BCUT2D eigenvalue weighted by Gasteiger charge is -2.18. The molecule has 2 rings (SSSR count). The number of ether oxygens (including phenoxy) is 2. The van der Waals surface area contributed by atoms with E-state index < -0.39 is 17.9 Å². The normalized spacial score (nSPS) is 17.7. The van der Waals surface area contributed by atoms with E-state index in [0.29, 0.717) is 5.69 Å². The van der Waals surface area contributed by atoms with Gasteiger partial charge in [-0.05, 0) is 12.1 Å². The lowest BCUT2D eigenvalue weighted by molar-refractivity contribution is -0.145. The zero-order valence-corrected chi connectivity index (χ0v) is 11.7. The molecule has 1 fully saturated rings. The molecule has 0 aromatic heterocycles. The number of nitrogens with zero attached hydrogens (tertiary/aromatic N) is 1. The maximum atomic E-state index is 12.0. The van der Waals surface area contributed by atoms with Crippen molar-refractivity contribution >= 4 is 23.5 Å². The van der Waals surface area contributed by atoms with Gasteiger partial charge in [-0.1, -0.05) is 0 Å². The molecule has 0 aliphatic carbocycles. The Bertz CT molecular complexity index is 597. The van der Waals surface area contributed by atoms with Gasteiger partial charge in [0.25, 0.3) is 0 Å². The average molecular weight is 293 g/mol. The van der Waals surface area contributed by atoms with Crippen molar-refractivity contribution in [2.45, 2.75) is 6.42 Å².